The van der Waals surface area contributed by atoms with E-state index in [9.17, 15) is 8.42 Å². The Morgan fingerprint density at radius 1 is 1.13 bits per heavy atom. The number of aliphatic imine (C=N–C) groups is 1. The van der Waals surface area contributed by atoms with Gasteiger partial charge in [0.1, 0.15) is 0 Å². The molecule has 130 valence electrons. The summed E-state index contributed by atoms with van der Waals surface area (Å²) in [6, 6.07) is 8.53. The highest BCUT2D eigenvalue weighted by Crippen LogP contribution is 2.10. The van der Waals surface area contributed by atoms with E-state index in [1.165, 1.54) is 0 Å². The van der Waals surface area contributed by atoms with Crippen LogP contribution in [0.15, 0.2) is 40.2 Å². The zero-order valence-corrected chi connectivity index (χ0v) is 14.7. The van der Waals surface area contributed by atoms with Gasteiger partial charge in [0, 0.05) is 33.4 Å². The van der Waals surface area contributed by atoms with Crippen LogP contribution in [0, 0.1) is 0 Å². The van der Waals surface area contributed by atoms with E-state index in [1.807, 2.05) is 13.0 Å². The molecule has 0 aromatic heterocycles. The second kappa shape index (κ2) is 11.0. The Morgan fingerprint density at radius 2 is 1.78 bits per heavy atom. The smallest absolute Gasteiger partial charge is 0.190 e. The molecule has 0 bridgehead atoms. The number of sulfone groups is 1. The normalized spacial score (nSPS) is 12.2. The van der Waals surface area contributed by atoms with Crippen LogP contribution < -0.4 is 10.6 Å². The highest BCUT2D eigenvalue weighted by atomic mass is 32.2. The lowest BCUT2D eigenvalue weighted by Crippen LogP contribution is -2.38. The lowest BCUT2D eigenvalue weighted by Gasteiger charge is -2.12. The number of hydrogen-bond acceptors (Lipinski definition) is 4. The largest absolute Gasteiger partial charge is 0.382 e. The zero-order chi connectivity index (χ0) is 17.0. The summed E-state index contributed by atoms with van der Waals surface area (Å²) in [5, 5.41) is 6.29. The molecule has 0 fully saturated rings. The lowest BCUT2D eigenvalue weighted by atomic mass is 10.4. The van der Waals surface area contributed by atoms with Gasteiger partial charge in [0.15, 0.2) is 15.8 Å². The van der Waals surface area contributed by atoms with E-state index in [4.69, 9.17) is 4.74 Å². The van der Waals surface area contributed by atoms with Gasteiger partial charge in [-0.15, -0.1) is 0 Å². The van der Waals surface area contributed by atoms with Gasteiger partial charge in [0.05, 0.1) is 10.6 Å². The Labute approximate surface area is 139 Å². The number of nitrogens with one attached hydrogen (secondary N) is 2. The molecule has 0 atom stereocenters. The van der Waals surface area contributed by atoms with Crippen LogP contribution in [0.1, 0.15) is 19.8 Å². The molecular formula is C16H27N3O3S. The number of benzene rings is 1. The van der Waals surface area contributed by atoms with Gasteiger partial charge in [-0.2, -0.15) is 0 Å². The molecule has 2 N–H and O–H groups in total. The molecule has 0 unspecified atom stereocenters. The molecule has 0 aliphatic carbocycles. The Morgan fingerprint density at radius 3 is 2.39 bits per heavy atom. The van der Waals surface area contributed by atoms with Crippen LogP contribution in [-0.2, 0) is 14.6 Å². The lowest BCUT2D eigenvalue weighted by molar-refractivity contribution is 0.145. The van der Waals surface area contributed by atoms with Crippen LogP contribution in [0.25, 0.3) is 0 Å². The average molecular weight is 341 g/mol. The quantitative estimate of drug-likeness (QED) is 0.382. The van der Waals surface area contributed by atoms with Crippen molar-refractivity contribution in [3.8, 4) is 0 Å². The molecule has 0 heterocycles. The number of ether oxygens (including phenoxy) is 1. The highest BCUT2D eigenvalue weighted by Gasteiger charge is 2.12. The zero-order valence-electron chi connectivity index (χ0n) is 13.9. The van der Waals surface area contributed by atoms with Crippen molar-refractivity contribution < 1.29 is 13.2 Å². The van der Waals surface area contributed by atoms with E-state index in [0.29, 0.717) is 23.8 Å². The van der Waals surface area contributed by atoms with Crippen LogP contribution >= 0.6 is 0 Å². The Hall–Kier alpha value is -1.60. The summed E-state index contributed by atoms with van der Waals surface area (Å²) < 4.78 is 29.5. The third-order valence-corrected chi connectivity index (χ3v) is 4.99. The van der Waals surface area contributed by atoms with Gasteiger partial charge in [0.25, 0.3) is 0 Å². The average Bonchev–Trinajstić information content (AvgIpc) is 2.57. The molecule has 6 nitrogen and oxygen atoms in total. The SMILES string of the molecule is CCOCCCNC(=NC)NCCCS(=O)(=O)c1ccccc1. The molecule has 0 aliphatic rings. The van der Waals surface area contributed by atoms with E-state index >= 15 is 0 Å². The van der Waals surface area contributed by atoms with E-state index in [0.717, 1.165) is 26.2 Å². The summed E-state index contributed by atoms with van der Waals surface area (Å²) in [4.78, 5) is 4.48. The van der Waals surface area contributed by atoms with E-state index in [-0.39, 0.29) is 5.75 Å². The molecular weight excluding hydrogens is 314 g/mol. The van der Waals surface area contributed by atoms with Crippen molar-refractivity contribution >= 4 is 15.8 Å². The van der Waals surface area contributed by atoms with Gasteiger partial charge >= 0.3 is 0 Å². The Kier molecular flexibility index (Phi) is 9.31. The van der Waals surface area contributed by atoms with Crippen molar-refractivity contribution in [1.82, 2.24) is 10.6 Å². The van der Waals surface area contributed by atoms with Crippen LogP contribution in [0.3, 0.4) is 0 Å². The maximum absolute atomic E-state index is 12.1. The fourth-order valence-electron chi connectivity index (χ4n) is 1.96. The molecule has 0 radical (unpaired) electrons. The molecule has 0 amide bonds. The fourth-order valence-corrected chi connectivity index (χ4v) is 3.29. The van der Waals surface area contributed by atoms with Crippen molar-refractivity contribution in [3.63, 3.8) is 0 Å². The van der Waals surface area contributed by atoms with Gasteiger partial charge in [0.2, 0.25) is 0 Å². The Bertz CT molecular complexity index is 559. The molecule has 23 heavy (non-hydrogen) atoms. The second-order valence-electron chi connectivity index (χ2n) is 4.96. The van der Waals surface area contributed by atoms with Gasteiger partial charge in [-0.25, -0.2) is 8.42 Å². The topological polar surface area (TPSA) is 79.8 Å². The second-order valence-corrected chi connectivity index (χ2v) is 7.07. The minimum Gasteiger partial charge on any atom is -0.382 e. The molecule has 0 spiro atoms. The van der Waals surface area contributed by atoms with Crippen molar-refractivity contribution in [2.24, 2.45) is 4.99 Å². The van der Waals surface area contributed by atoms with Crippen LogP contribution in [0.4, 0.5) is 0 Å². The van der Waals surface area contributed by atoms with Crippen molar-refractivity contribution in [3.05, 3.63) is 30.3 Å². The van der Waals surface area contributed by atoms with Crippen molar-refractivity contribution in [1.29, 1.82) is 0 Å². The van der Waals surface area contributed by atoms with Gasteiger partial charge < -0.3 is 15.4 Å². The molecule has 1 aromatic rings. The minimum atomic E-state index is -3.21. The number of nitrogens with zero attached hydrogens (tertiary/aromatic N) is 1. The van der Waals surface area contributed by atoms with Gasteiger partial charge in [-0.1, -0.05) is 18.2 Å². The number of guanidine groups is 1. The summed E-state index contributed by atoms with van der Waals surface area (Å²) in [7, 11) is -1.52. The molecule has 0 aliphatic heterocycles. The molecule has 1 aromatic carbocycles. The predicted octanol–water partition coefficient (Wildman–Crippen LogP) is 1.44. The van der Waals surface area contributed by atoms with E-state index < -0.39 is 9.84 Å². The van der Waals surface area contributed by atoms with Crippen molar-refractivity contribution in [2.75, 3.05) is 39.1 Å². The van der Waals surface area contributed by atoms with Crippen LogP contribution in [0.2, 0.25) is 0 Å². The Balaban J connectivity index is 2.25. The molecule has 0 saturated heterocycles. The summed E-state index contributed by atoms with van der Waals surface area (Å²) >= 11 is 0. The monoisotopic (exact) mass is 341 g/mol. The third-order valence-electron chi connectivity index (χ3n) is 3.17. The minimum absolute atomic E-state index is 0.116. The molecule has 0 saturated carbocycles. The molecule has 1 rings (SSSR count). The summed E-state index contributed by atoms with van der Waals surface area (Å²) in [6.45, 7) is 4.73. The summed E-state index contributed by atoms with van der Waals surface area (Å²) in [5.74, 6) is 0.796. The number of rotatable bonds is 10. The predicted molar refractivity (Wildman–Crippen MR) is 93.6 cm³/mol. The standard InChI is InChI=1S/C16H27N3O3S/c1-3-22-13-7-11-18-16(17-2)19-12-8-14-23(20,21)15-9-5-4-6-10-15/h4-6,9-10H,3,7-8,11-14H2,1-2H3,(H2,17,18,19). The maximum atomic E-state index is 12.1. The molecule has 7 heteroatoms. The third kappa shape index (κ3) is 7.99. The van der Waals surface area contributed by atoms with Gasteiger partial charge in [-0.05, 0) is 31.9 Å². The van der Waals surface area contributed by atoms with Crippen molar-refractivity contribution in [2.45, 2.75) is 24.7 Å². The maximum Gasteiger partial charge on any atom is 0.190 e. The fraction of sp³-hybridized carbons (Fsp3) is 0.562. The first-order chi connectivity index (χ1) is 11.1. The van der Waals surface area contributed by atoms with Crippen LogP contribution in [0.5, 0.6) is 0 Å². The van der Waals surface area contributed by atoms with Gasteiger partial charge in [-0.3, -0.25) is 4.99 Å². The van der Waals surface area contributed by atoms with E-state index in [2.05, 4.69) is 15.6 Å². The first-order valence-electron chi connectivity index (χ1n) is 7.90. The summed E-state index contributed by atoms with van der Waals surface area (Å²) in [5.41, 5.74) is 0. The first kappa shape index (κ1) is 19.4. The summed E-state index contributed by atoms with van der Waals surface area (Å²) in [6.07, 6.45) is 1.42. The van der Waals surface area contributed by atoms with E-state index in [1.54, 1.807) is 31.3 Å². The van der Waals surface area contributed by atoms with Crippen LogP contribution in [-0.4, -0.2) is 53.5 Å². The number of hydrogen-bond donors (Lipinski definition) is 2. The first-order valence-corrected chi connectivity index (χ1v) is 9.55. The highest BCUT2D eigenvalue weighted by molar-refractivity contribution is 7.91.